The van der Waals surface area contributed by atoms with Crippen molar-refractivity contribution < 1.29 is 9.47 Å². The zero-order valence-corrected chi connectivity index (χ0v) is 20.2. The van der Waals surface area contributed by atoms with Gasteiger partial charge in [0.05, 0.1) is 31.0 Å². The first kappa shape index (κ1) is 22.9. The van der Waals surface area contributed by atoms with Crippen LogP contribution in [0.2, 0.25) is 0 Å². The molecule has 3 fully saturated rings. The summed E-state index contributed by atoms with van der Waals surface area (Å²) in [4.78, 5) is 20.9. The van der Waals surface area contributed by atoms with Crippen molar-refractivity contribution in [3.05, 3.63) is 27.7 Å². The molecule has 182 valence electrons. The summed E-state index contributed by atoms with van der Waals surface area (Å²) in [7, 11) is 2.16. The molecule has 1 aromatic heterocycles. The highest BCUT2D eigenvalue weighted by Crippen LogP contribution is 2.45. The molecule has 0 unspecified atom stereocenters. The summed E-state index contributed by atoms with van der Waals surface area (Å²) in [6, 6.07) is 0.266. The van der Waals surface area contributed by atoms with Crippen molar-refractivity contribution in [1.82, 2.24) is 20.1 Å². The van der Waals surface area contributed by atoms with Crippen molar-refractivity contribution in [3.8, 4) is 0 Å². The molecule has 2 saturated heterocycles. The summed E-state index contributed by atoms with van der Waals surface area (Å²) < 4.78 is 14.0. The molecule has 0 bridgehead atoms. The van der Waals surface area contributed by atoms with Crippen LogP contribution >= 0.6 is 0 Å². The predicted octanol–water partition coefficient (Wildman–Crippen LogP) is 3.00. The molecular formula is C25H39N5O3. The minimum absolute atomic E-state index is 0.127. The van der Waals surface area contributed by atoms with Crippen molar-refractivity contribution in [2.45, 2.75) is 82.6 Å². The van der Waals surface area contributed by atoms with Gasteiger partial charge in [-0.25, -0.2) is 4.99 Å². The molecule has 5 rings (SSSR count). The van der Waals surface area contributed by atoms with Crippen molar-refractivity contribution >= 4 is 11.6 Å². The number of fused-ring (bicyclic) bond motifs is 1. The monoisotopic (exact) mass is 457 g/mol. The maximum Gasteiger partial charge on any atom is 0.258 e. The van der Waals surface area contributed by atoms with Gasteiger partial charge in [-0.15, -0.1) is 0 Å². The van der Waals surface area contributed by atoms with Gasteiger partial charge in [0.25, 0.3) is 5.56 Å². The van der Waals surface area contributed by atoms with E-state index in [0.717, 1.165) is 88.2 Å². The molecule has 33 heavy (non-hydrogen) atoms. The lowest BCUT2D eigenvalue weighted by Gasteiger charge is -2.37. The van der Waals surface area contributed by atoms with Gasteiger partial charge < -0.3 is 29.6 Å². The van der Waals surface area contributed by atoms with Crippen molar-refractivity contribution in [2.75, 3.05) is 39.9 Å². The average molecular weight is 458 g/mol. The summed E-state index contributed by atoms with van der Waals surface area (Å²) in [5.41, 5.74) is 3.08. The Morgan fingerprint density at radius 2 is 1.91 bits per heavy atom. The van der Waals surface area contributed by atoms with Gasteiger partial charge in [0.15, 0.2) is 11.7 Å². The van der Waals surface area contributed by atoms with Gasteiger partial charge in [0, 0.05) is 31.6 Å². The molecule has 0 aromatic carbocycles. The van der Waals surface area contributed by atoms with E-state index in [9.17, 15) is 4.79 Å². The van der Waals surface area contributed by atoms with Crippen LogP contribution in [0.1, 0.15) is 81.4 Å². The van der Waals surface area contributed by atoms with Crippen LogP contribution in [0, 0.1) is 0 Å². The lowest BCUT2D eigenvalue weighted by molar-refractivity contribution is -0.178. The van der Waals surface area contributed by atoms with Crippen LogP contribution in [-0.4, -0.2) is 61.1 Å². The van der Waals surface area contributed by atoms with E-state index in [2.05, 4.69) is 35.7 Å². The molecule has 1 aromatic rings. The first-order chi connectivity index (χ1) is 16.1. The SMILES string of the molecule is CCCCNC1=Nc2c(C3CCC4(CC3)OCCO4)cn(C3CCN(C)CC3)c(=O)c2CN1. The average Bonchev–Trinajstić information content (AvgIpc) is 3.29. The highest BCUT2D eigenvalue weighted by molar-refractivity contribution is 5.85. The smallest absolute Gasteiger partial charge is 0.258 e. The maximum atomic E-state index is 13.6. The van der Waals surface area contributed by atoms with E-state index in [1.165, 1.54) is 5.56 Å². The van der Waals surface area contributed by atoms with Gasteiger partial charge in [-0.05, 0) is 63.7 Å². The molecule has 1 saturated carbocycles. The molecule has 4 heterocycles. The number of hydrogen-bond acceptors (Lipinski definition) is 7. The molecule has 1 spiro atoms. The normalized spacial score (nSPS) is 23.9. The summed E-state index contributed by atoms with van der Waals surface area (Å²) >= 11 is 0. The Bertz CT molecular complexity index is 919. The largest absolute Gasteiger partial charge is 0.356 e. The lowest BCUT2D eigenvalue weighted by atomic mass is 9.80. The second kappa shape index (κ2) is 9.76. The first-order valence-electron chi connectivity index (χ1n) is 12.9. The Labute approximate surface area is 196 Å². The Morgan fingerprint density at radius 1 is 1.18 bits per heavy atom. The molecule has 0 amide bonds. The van der Waals surface area contributed by atoms with Crippen LogP contribution in [0.5, 0.6) is 0 Å². The number of guanidine groups is 1. The Balaban J connectivity index is 1.47. The van der Waals surface area contributed by atoms with E-state index in [4.69, 9.17) is 14.5 Å². The van der Waals surface area contributed by atoms with E-state index in [1.54, 1.807) is 0 Å². The molecule has 1 aliphatic carbocycles. The number of pyridine rings is 1. The zero-order valence-electron chi connectivity index (χ0n) is 20.2. The Kier molecular flexibility index (Phi) is 6.77. The van der Waals surface area contributed by atoms with Crippen LogP contribution in [0.15, 0.2) is 16.0 Å². The van der Waals surface area contributed by atoms with Gasteiger partial charge in [0.1, 0.15) is 0 Å². The third kappa shape index (κ3) is 4.70. The zero-order chi connectivity index (χ0) is 22.8. The summed E-state index contributed by atoms with van der Waals surface area (Å²) in [5, 5.41) is 6.78. The number of nitrogens with one attached hydrogen (secondary N) is 2. The van der Waals surface area contributed by atoms with E-state index >= 15 is 0 Å². The number of aromatic nitrogens is 1. The molecule has 3 aliphatic heterocycles. The molecule has 4 aliphatic rings. The fraction of sp³-hybridized carbons (Fsp3) is 0.760. The fourth-order valence-electron chi connectivity index (χ4n) is 5.80. The number of aliphatic imine (C=N–C) groups is 1. The summed E-state index contributed by atoms with van der Waals surface area (Å²) in [5.74, 6) is 0.786. The van der Waals surface area contributed by atoms with E-state index in [0.29, 0.717) is 25.7 Å². The first-order valence-corrected chi connectivity index (χ1v) is 12.9. The number of unbranched alkanes of at least 4 members (excludes halogenated alkanes) is 1. The van der Waals surface area contributed by atoms with E-state index < -0.39 is 0 Å². The molecule has 2 N–H and O–H groups in total. The van der Waals surface area contributed by atoms with Crippen LogP contribution in [0.3, 0.4) is 0 Å². The van der Waals surface area contributed by atoms with Gasteiger partial charge in [-0.1, -0.05) is 13.3 Å². The van der Waals surface area contributed by atoms with Gasteiger partial charge in [-0.2, -0.15) is 0 Å². The third-order valence-electron chi connectivity index (χ3n) is 7.89. The quantitative estimate of drug-likeness (QED) is 0.662. The fourth-order valence-corrected chi connectivity index (χ4v) is 5.80. The third-order valence-corrected chi connectivity index (χ3v) is 7.89. The number of piperidine rings is 1. The highest BCUT2D eigenvalue weighted by Gasteiger charge is 2.41. The summed E-state index contributed by atoms with van der Waals surface area (Å²) in [6.45, 7) is 7.08. The predicted molar refractivity (Wildman–Crippen MR) is 129 cm³/mol. The number of rotatable bonds is 5. The van der Waals surface area contributed by atoms with Crippen molar-refractivity contribution in [2.24, 2.45) is 4.99 Å². The molecular weight excluding hydrogens is 418 g/mol. The Morgan fingerprint density at radius 3 is 2.61 bits per heavy atom. The lowest BCUT2D eigenvalue weighted by Crippen LogP contribution is -2.43. The van der Waals surface area contributed by atoms with Gasteiger partial charge in [-0.3, -0.25) is 4.79 Å². The van der Waals surface area contributed by atoms with Gasteiger partial charge >= 0.3 is 0 Å². The summed E-state index contributed by atoms with van der Waals surface area (Å²) in [6.07, 6.45) is 10.2. The van der Waals surface area contributed by atoms with Crippen LogP contribution in [-0.2, 0) is 16.0 Å². The minimum Gasteiger partial charge on any atom is -0.356 e. The number of ether oxygens (including phenoxy) is 2. The van der Waals surface area contributed by atoms with E-state index in [1.807, 2.05) is 4.57 Å². The van der Waals surface area contributed by atoms with Gasteiger partial charge in [0.2, 0.25) is 0 Å². The van der Waals surface area contributed by atoms with Crippen LogP contribution in [0.4, 0.5) is 5.69 Å². The topological polar surface area (TPSA) is 80.1 Å². The number of likely N-dealkylation sites (tertiary alicyclic amines) is 1. The molecule has 0 radical (unpaired) electrons. The molecule has 8 nitrogen and oxygen atoms in total. The van der Waals surface area contributed by atoms with E-state index in [-0.39, 0.29) is 17.4 Å². The second-order valence-electron chi connectivity index (χ2n) is 10.1. The number of hydrogen-bond donors (Lipinski definition) is 2. The van der Waals surface area contributed by atoms with Crippen molar-refractivity contribution in [3.63, 3.8) is 0 Å². The molecule has 8 heteroatoms. The minimum atomic E-state index is -0.378. The number of nitrogens with zero attached hydrogens (tertiary/aromatic N) is 3. The Hall–Kier alpha value is -1.90. The van der Waals surface area contributed by atoms with Crippen molar-refractivity contribution in [1.29, 1.82) is 0 Å². The highest BCUT2D eigenvalue weighted by atomic mass is 16.7. The molecule has 0 atom stereocenters. The standard InChI is InChI=1S/C25H39N5O3/c1-3-4-11-26-24-27-16-20-22(28-24)21(18-5-9-25(10-6-18)32-14-15-33-25)17-30(23(20)31)19-7-12-29(2)13-8-19/h17-19H,3-16H2,1-2H3,(H2,26,27,28). The maximum absolute atomic E-state index is 13.6. The second-order valence-corrected chi connectivity index (χ2v) is 10.1. The van der Waals surface area contributed by atoms with Crippen LogP contribution in [0.25, 0.3) is 0 Å². The van der Waals surface area contributed by atoms with Crippen LogP contribution < -0.4 is 16.2 Å².